The van der Waals surface area contributed by atoms with E-state index < -0.39 is 0 Å². The highest BCUT2D eigenvalue weighted by molar-refractivity contribution is 7.14. The van der Waals surface area contributed by atoms with Gasteiger partial charge in [-0.2, -0.15) is 0 Å². The molecule has 2 N–H and O–H groups in total. The molecule has 1 aromatic heterocycles. The maximum absolute atomic E-state index is 14.2. The van der Waals surface area contributed by atoms with Crippen molar-refractivity contribution in [3.63, 3.8) is 0 Å². The van der Waals surface area contributed by atoms with Gasteiger partial charge in [0.25, 0.3) is 5.91 Å². The number of halogens is 1. The van der Waals surface area contributed by atoms with Crippen LogP contribution in [0.25, 0.3) is 10.8 Å². The number of primary amides is 1. The third-order valence-corrected chi connectivity index (χ3v) is 7.93. The minimum absolute atomic E-state index is 0.168. The Morgan fingerprint density at radius 1 is 1.22 bits per heavy atom. The molecule has 0 spiro atoms. The lowest BCUT2D eigenvalue weighted by Crippen LogP contribution is -2.52. The van der Waals surface area contributed by atoms with Crippen molar-refractivity contribution in [3.8, 4) is 0 Å². The standard InChI is InChI=1S/C25H28FN3O2S/c1-16-13-29(22-7-6-21(26)18-4-2-3-5-19(18)22)11-10-28(16)9-8-17-14-31-15-24-20(17)12-23(32-24)25(27)30/h2-7,12,16-17H,8-11,13-15H2,1H3,(H2,27,30). The molecule has 0 radical (unpaired) electrons. The Morgan fingerprint density at radius 3 is 2.81 bits per heavy atom. The predicted molar refractivity (Wildman–Crippen MR) is 127 cm³/mol. The van der Waals surface area contributed by atoms with E-state index in [-0.39, 0.29) is 11.7 Å². The van der Waals surface area contributed by atoms with Gasteiger partial charge >= 0.3 is 0 Å². The number of benzene rings is 2. The molecule has 168 valence electrons. The normalized spacial score (nSPS) is 21.6. The summed E-state index contributed by atoms with van der Waals surface area (Å²) in [5.41, 5.74) is 7.82. The summed E-state index contributed by atoms with van der Waals surface area (Å²) in [4.78, 5) is 18.2. The number of carbonyl (C=O) groups is 1. The fourth-order valence-corrected chi connectivity index (χ4v) is 6.07. The van der Waals surface area contributed by atoms with E-state index in [1.54, 1.807) is 6.07 Å². The monoisotopic (exact) mass is 453 g/mol. The zero-order valence-corrected chi connectivity index (χ0v) is 19.0. The summed E-state index contributed by atoms with van der Waals surface area (Å²) in [6.07, 6.45) is 0.992. The largest absolute Gasteiger partial charge is 0.375 e. The summed E-state index contributed by atoms with van der Waals surface area (Å²) in [5, 5.41) is 1.65. The summed E-state index contributed by atoms with van der Waals surface area (Å²) < 4.78 is 20.0. The maximum atomic E-state index is 14.2. The second-order valence-electron chi connectivity index (χ2n) is 8.80. The van der Waals surface area contributed by atoms with Gasteiger partial charge in [0.1, 0.15) is 5.82 Å². The van der Waals surface area contributed by atoms with Crippen molar-refractivity contribution in [1.29, 1.82) is 0 Å². The van der Waals surface area contributed by atoms with Crippen molar-refractivity contribution >= 4 is 33.7 Å². The molecule has 0 saturated carbocycles. The molecule has 7 heteroatoms. The summed E-state index contributed by atoms with van der Waals surface area (Å²) >= 11 is 1.46. The van der Waals surface area contributed by atoms with Gasteiger partial charge in [-0.3, -0.25) is 9.69 Å². The number of carbonyl (C=O) groups excluding carboxylic acids is 1. The molecule has 2 atom stereocenters. The van der Waals surface area contributed by atoms with E-state index in [0.717, 1.165) is 48.6 Å². The second-order valence-corrected chi connectivity index (χ2v) is 9.93. The van der Waals surface area contributed by atoms with Gasteiger partial charge in [-0.1, -0.05) is 24.3 Å². The Morgan fingerprint density at radius 2 is 2.03 bits per heavy atom. The molecule has 32 heavy (non-hydrogen) atoms. The first-order valence-electron chi connectivity index (χ1n) is 11.2. The lowest BCUT2D eigenvalue weighted by molar-refractivity contribution is 0.0845. The topological polar surface area (TPSA) is 58.8 Å². The van der Waals surface area contributed by atoms with Crippen molar-refractivity contribution in [2.45, 2.75) is 31.9 Å². The van der Waals surface area contributed by atoms with Crippen molar-refractivity contribution in [2.75, 3.05) is 37.7 Å². The number of hydrogen-bond acceptors (Lipinski definition) is 5. The molecule has 3 aromatic rings. The van der Waals surface area contributed by atoms with E-state index in [9.17, 15) is 9.18 Å². The van der Waals surface area contributed by atoms with Crippen molar-refractivity contribution in [2.24, 2.45) is 5.73 Å². The highest BCUT2D eigenvalue weighted by Gasteiger charge is 2.28. The predicted octanol–water partition coefficient (Wildman–Crippen LogP) is 4.35. The Balaban J connectivity index is 1.25. The first-order chi connectivity index (χ1) is 15.5. The summed E-state index contributed by atoms with van der Waals surface area (Å²) in [7, 11) is 0. The smallest absolute Gasteiger partial charge is 0.258 e. The van der Waals surface area contributed by atoms with Gasteiger partial charge in [0, 0.05) is 52.9 Å². The number of hydrogen-bond donors (Lipinski definition) is 1. The lowest BCUT2D eigenvalue weighted by Gasteiger charge is -2.42. The maximum Gasteiger partial charge on any atom is 0.258 e. The molecule has 2 aromatic carbocycles. The van der Waals surface area contributed by atoms with Crippen molar-refractivity contribution in [3.05, 3.63) is 63.6 Å². The number of piperazine rings is 1. The average molecular weight is 454 g/mol. The van der Waals surface area contributed by atoms with Gasteiger partial charge in [0.2, 0.25) is 0 Å². The zero-order chi connectivity index (χ0) is 22.2. The van der Waals surface area contributed by atoms with Crippen LogP contribution in [0.15, 0.2) is 42.5 Å². The van der Waals surface area contributed by atoms with Crippen LogP contribution in [0, 0.1) is 5.82 Å². The quantitative estimate of drug-likeness (QED) is 0.624. The average Bonchev–Trinajstić information content (AvgIpc) is 3.24. The molecule has 0 bridgehead atoms. The van der Waals surface area contributed by atoms with E-state index in [4.69, 9.17) is 10.5 Å². The van der Waals surface area contributed by atoms with Gasteiger partial charge in [-0.15, -0.1) is 11.3 Å². The van der Waals surface area contributed by atoms with Crippen LogP contribution in [0.3, 0.4) is 0 Å². The second kappa shape index (κ2) is 8.81. The van der Waals surface area contributed by atoms with Gasteiger partial charge in [-0.05, 0) is 43.7 Å². The fraction of sp³-hybridized carbons (Fsp3) is 0.400. The molecule has 0 aliphatic carbocycles. The summed E-state index contributed by atoms with van der Waals surface area (Å²) in [6.45, 7) is 7.29. The minimum atomic E-state index is -0.360. The van der Waals surface area contributed by atoms with Crippen LogP contribution >= 0.6 is 11.3 Å². The Hall–Kier alpha value is -2.48. The zero-order valence-electron chi connectivity index (χ0n) is 18.2. The third-order valence-electron chi connectivity index (χ3n) is 6.79. The van der Waals surface area contributed by atoms with Crippen LogP contribution in [-0.4, -0.2) is 49.6 Å². The molecule has 2 aliphatic heterocycles. The molecule has 2 unspecified atom stereocenters. The number of rotatable bonds is 5. The van der Waals surface area contributed by atoms with E-state index >= 15 is 0 Å². The summed E-state index contributed by atoms with van der Waals surface area (Å²) in [6, 6.07) is 13.6. The number of nitrogens with zero attached hydrogens (tertiary/aromatic N) is 2. The highest BCUT2D eigenvalue weighted by Crippen LogP contribution is 2.36. The summed E-state index contributed by atoms with van der Waals surface area (Å²) in [5.74, 6) is -0.228. The Labute approximate surface area is 191 Å². The molecule has 1 amide bonds. The van der Waals surface area contributed by atoms with Crippen LogP contribution < -0.4 is 10.6 Å². The molecule has 5 rings (SSSR count). The number of amides is 1. The molecular formula is C25H28FN3O2S. The SMILES string of the molecule is CC1CN(c2ccc(F)c3ccccc23)CCN1CCC1COCc2sc(C(N)=O)cc21. The van der Waals surface area contributed by atoms with Crippen LogP contribution in [0.5, 0.6) is 0 Å². The first kappa shape index (κ1) is 21.4. The van der Waals surface area contributed by atoms with Gasteiger partial charge < -0.3 is 15.4 Å². The lowest BCUT2D eigenvalue weighted by atomic mass is 9.94. The molecule has 3 heterocycles. The Bertz CT molecular complexity index is 1150. The molecule has 1 fully saturated rings. The van der Waals surface area contributed by atoms with Gasteiger partial charge in [0.15, 0.2) is 0 Å². The number of ether oxygens (including phenoxy) is 1. The van der Waals surface area contributed by atoms with E-state index in [1.165, 1.54) is 16.9 Å². The van der Waals surface area contributed by atoms with Crippen LogP contribution in [0.1, 0.15) is 39.4 Å². The number of fused-ring (bicyclic) bond motifs is 2. The highest BCUT2D eigenvalue weighted by atomic mass is 32.1. The number of nitrogens with two attached hydrogens (primary N) is 1. The van der Waals surface area contributed by atoms with E-state index in [0.29, 0.717) is 35.4 Å². The molecule has 5 nitrogen and oxygen atoms in total. The molecular weight excluding hydrogens is 425 g/mol. The third kappa shape index (κ3) is 4.00. The van der Waals surface area contributed by atoms with Gasteiger partial charge in [-0.25, -0.2) is 4.39 Å². The van der Waals surface area contributed by atoms with Crippen LogP contribution in [0.2, 0.25) is 0 Å². The van der Waals surface area contributed by atoms with E-state index in [2.05, 4.69) is 16.7 Å². The molecule has 1 saturated heterocycles. The Kier molecular flexibility index (Phi) is 5.88. The molecule has 2 aliphatic rings. The fourth-order valence-electron chi connectivity index (χ4n) is 5.04. The van der Waals surface area contributed by atoms with Crippen molar-refractivity contribution in [1.82, 2.24) is 4.90 Å². The van der Waals surface area contributed by atoms with Gasteiger partial charge in [0.05, 0.1) is 18.1 Å². The number of anilines is 1. The number of thiophene rings is 1. The van der Waals surface area contributed by atoms with Crippen LogP contribution in [0.4, 0.5) is 10.1 Å². The van der Waals surface area contributed by atoms with Crippen molar-refractivity contribution < 1.29 is 13.9 Å². The minimum Gasteiger partial charge on any atom is -0.375 e. The van der Waals surface area contributed by atoms with E-state index in [1.807, 2.05) is 36.4 Å². The first-order valence-corrected chi connectivity index (χ1v) is 12.0. The van der Waals surface area contributed by atoms with Crippen LogP contribution in [-0.2, 0) is 11.3 Å².